The Morgan fingerprint density at radius 2 is 1.22 bits per heavy atom. The molecule has 0 radical (unpaired) electrons. The summed E-state index contributed by atoms with van der Waals surface area (Å²) in [5.41, 5.74) is 3.07. The monoisotopic (exact) mass is 363 g/mol. The average molecular weight is 363 g/mol. The number of carbonyl (C=O) groups is 1. The van der Waals surface area contributed by atoms with Crippen LogP contribution in [0.2, 0.25) is 0 Å². The van der Waals surface area contributed by atoms with Crippen LogP contribution in [0, 0.1) is 0 Å². The minimum Gasteiger partial charge on any atom is -0.494 e. The summed E-state index contributed by atoms with van der Waals surface area (Å²) in [5.74, 6) is 1.04. The van der Waals surface area contributed by atoms with Crippen molar-refractivity contribution in [3.8, 4) is 11.5 Å². The zero-order chi connectivity index (χ0) is 19.1. The minimum atomic E-state index is -0.387. The molecule has 0 fully saturated rings. The lowest BCUT2D eigenvalue weighted by Gasteiger charge is -2.14. The van der Waals surface area contributed by atoms with Gasteiger partial charge in [-0.2, -0.15) is 0 Å². The molecule has 2 amide bonds. The van der Waals surface area contributed by atoms with Crippen LogP contribution in [0.1, 0.15) is 0 Å². The van der Waals surface area contributed by atoms with Crippen molar-refractivity contribution in [2.75, 3.05) is 30.2 Å². The Bertz CT molecular complexity index is 874. The van der Waals surface area contributed by atoms with Gasteiger partial charge in [-0.3, -0.25) is 0 Å². The molecule has 3 aromatic rings. The largest absolute Gasteiger partial charge is 0.494 e. The topological polar surface area (TPSA) is 71.6 Å². The molecule has 0 bridgehead atoms. The van der Waals surface area contributed by atoms with E-state index in [-0.39, 0.29) is 6.03 Å². The van der Waals surface area contributed by atoms with Gasteiger partial charge in [0.15, 0.2) is 0 Å². The normalized spacial score (nSPS) is 10.0. The molecule has 0 aliphatic heterocycles. The number of hydrogen-bond acceptors (Lipinski definition) is 4. The van der Waals surface area contributed by atoms with Crippen molar-refractivity contribution in [2.45, 2.75) is 0 Å². The molecule has 0 spiro atoms. The van der Waals surface area contributed by atoms with Gasteiger partial charge in [-0.15, -0.1) is 0 Å². The second-order valence-electron chi connectivity index (χ2n) is 5.69. The molecule has 6 nitrogen and oxygen atoms in total. The van der Waals surface area contributed by atoms with Crippen LogP contribution in [0.5, 0.6) is 11.5 Å². The number of methoxy groups -OCH3 is 2. The Kier molecular flexibility index (Phi) is 5.79. The van der Waals surface area contributed by atoms with Gasteiger partial charge in [0.05, 0.1) is 14.2 Å². The van der Waals surface area contributed by atoms with Crippen LogP contribution in [0.15, 0.2) is 72.8 Å². The molecule has 0 saturated carbocycles. The van der Waals surface area contributed by atoms with Crippen molar-refractivity contribution >= 4 is 28.8 Å². The molecule has 0 aliphatic rings. The first kappa shape index (κ1) is 18.1. The number of nitrogens with one attached hydrogen (secondary N) is 3. The van der Waals surface area contributed by atoms with Crippen LogP contribution in [0.25, 0.3) is 0 Å². The van der Waals surface area contributed by atoms with Crippen LogP contribution >= 0.6 is 0 Å². The van der Waals surface area contributed by atoms with Crippen molar-refractivity contribution in [3.05, 3.63) is 72.8 Å². The maximum Gasteiger partial charge on any atom is 0.323 e. The Balaban J connectivity index is 1.65. The summed E-state index contributed by atoms with van der Waals surface area (Å²) in [6, 6.07) is 22.2. The van der Waals surface area contributed by atoms with Gasteiger partial charge in [-0.1, -0.05) is 24.3 Å². The summed E-state index contributed by atoms with van der Waals surface area (Å²) in [7, 11) is 3.08. The molecule has 0 saturated heterocycles. The molecule has 27 heavy (non-hydrogen) atoms. The fourth-order valence-corrected chi connectivity index (χ4v) is 2.58. The standard InChI is InChI=1S/C21H21N3O3/c1-26-18-9-6-10-19(27-2)20(18)24-21(25)23-17-13-11-16(12-14-17)22-15-7-4-3-5-8-15/h3-14,22H,1-2H3,(H2,23,24,25). The highest BCUT2D eigenvalue weighted by molar-refractivity contribution is 6.01. The summed E-state index contributed by atoms with van der Waals surface area (Å²) < 4.78 is 10.6. The maximum absolute atomic E-state index is 12.3. The van der Waals surface area contributed by atoms with Gasteiger partial charge >= 0.3 is 6.03 Å². The third-order valence-electron chi connectivity index (χ3n) is 3.87. The fraction of sp³-hybridized carbons (Fsp3) is 0.0952. The maximum atomic E-state index is 12.3. The fourth-order valence-electron chi connectivity index (χ4n) is 2.58. The summed E-state index contributed by atoms with van der Waals surface area (Å²) in [6.45, 7) is 0. The van der Waals surface area contributed by atoms with E-state index in [0.29, 0.717) is 22.9 Å². The molecular weight excluding hydrogens is 342 g/mol. The first-order valence-electron chi connectivity index (χ1n) is 8.40. The molecule has 0 unspecified atom stereocenters. The summed E-state index contributed by atoms with van der Waals surface area (Å²) >= 11 is 0. The van der Waals surface area contributed by atoms with E-state index in [1.165, 1.54) is 14.2 Å². The molecule has 3 N–H and O–H groups in total. The first-order valence-corrected chi connectivity index (χ1v) is 8.40. The Morgan fingerprint density at radius 1 is 0.667 bits per heavy atom. The highest BCUT2D eigenvalue weighted by Crippen LogP contribution is 2.34. The molecule has 3 aromatic carbocycles. The van der Waals surface area contributed by atoms with E-state index in [2.05, 4.69) is 16.0 Å². The molecule has 0 aliphatic carbocycles. The molecule has 0 heterocycles. The second kappa shape index (κ2) is 8.62. The van der Waals surface area contributed by atoms with E-state index in [9.17, 15) is 4.79 Å². The van der Waals surface area contributed by atoms with Gasteiger partial charge in [-0.25, -0.2) is 4.79 Å². The average Bonchev–Trinajstić information content (AvgIpc) is 2.70. The third-order valence-corrected chi connectivity index (χ3v) is 3.87. The molecule has 3 rings (SSSR count). The number of benzene rings is 3. The Morgan fingerprint density at radius 3 is 1.81 bits per heavy atom. The van der Waals surface area contributed by atoms with Crippen LogP contribution in [0.4, 0.5) is 27.5 Å². The van der Waals surface area contributed by atoms with E-state index >= 15 is 0 Å². The Hall–Kier alpha value is -3.67. The van der Waals surface area contributed by atoms with Gasteiger partial charge in [-0.05, 0) is 48.5 Å². The second-order valence-corrected chi connectivity index (χ2v) is 5.69. The lowest BCUT2D eigenvalue weighted by Crippen LogP contribution is -2.20. The van der Waals surface area contributed by atoms with E-state index < -0.39 is 0 Å². The summed E-state index contributed by atoms with van der Waals surface area (Å²) in [6.07, 6.45) is 0. The number of ether oxygens (including phenoxy) is 2. The zero-order valence-electron chi connectivity index (χ0n) is 15.2. The first-order chi connectivity index (χ1) is 13.2. The van der Waals surface area contributed by atoms with Gasteiger partial charge in [0.25, 0.3) is 0 Å². The highest BCUT2D eigenvalue weighted by atomic mass is 16.5. The number of carbonyl (C=O) groups excluding carboxylic acids is 1. The van der Waals surface area contributed by atoms with Crippen molar-refractivity contribution in [2.24, 2.45) is 0 Å². The summed E-state index contributed by atoms with van der Waals surface area (Å²) in [4.78, 5) is 12.3. The SMILES string of the molecule is COc1cccc(OC)c1NC(=O)Nc1ccc(Nc2ccccc2)cc1. The number of rotatable bonds is 6. The number of hydrogen-bond donors (Lipinski definition) is 3. The third kappa shape index (κ3) is 4.70. The highest BCUT2D eigenvalue weighted by Gasteiger charge is 2.13. The van der Waals surface area contributed by atoms with Crippen molar-refractivity contribution in [1.82, 2.24) is 0 Å². The van der Waals surface area contributed by atoms with E-state index in [1.54, 1.807) is 18.2 Å². The van der Waals surface area contributed by atoms with E-state index in [1.807, 2.05) is 54.6 Å². The number of urea groups is 1. The lowest BCUT2D eigenvalue weighted by atomic mass is 10.2. The Labute approximate surface area is 158 Å². The van der Waals surface area contributed by atoms with E-state index in [0.717, 1.165) is 11.4 Å². The number of anilines is 4. The minimum absolute atomic E-state index is 0.387. The summed E-state index contributed by atoms with van der Waals surface area (Å²) in [5, 5.41) is 8.86. The van der Waals surface area contributed by atoms with Crippen molar-refractivity contribution in [3.63, 3.8) is 0 Å². The number of amides is 2. The van der Waals surface area contributed by atoms with E-state index in [4.69, 9.17) is 9.47 Å². The molecule has 6 heteroatoms. The van der Waals surface area contributed by atoms with Crippen LogP contribution in [-0.2, 0) is 0 Å². The molecule has 0 atom stereocenters. The predicted octanol–water partition coefficient (Wildman–Crippen LogP) is 5.09. The lowest BCUT2D eigenvalue weighted by molar-refractivity contribution is 0.262. The quantitative estimate of drug-likeness (QED) is 0.570. The van der Waals surface area contributed by atoms with Gasteiger partial charge in [0.2, 0.25) is 0 Å². The van der Waals surface area contributed by atoms with Gasteiger partial charge in [0, 0.05) is 17.1 Å². The van der Waals surface area contributed by atoms with Gasteiger partial charge < -0.3 is 25.4 Å². The van der Waals surface area contributed by atoms with Crippen LogP contribution < -0.4 is 25.4 Å². The van der Waals surface area contributed by atoms with Crippen molar-refractivity contribution in [1.29, 1.82) is 0 Å². The van der Waals surface area contributed by atoms with Crippen LogP contribution in [-0.4, -0.2) is 20.3 Å². The smallest absolute Gasteiger partial charge is 0.323 e. The van der Waals surface area contributed by atoms with Crippen molar-refractivity contribution < 1.29 is 14.3 Å². The molecular formula is C21H21N3O3. The van der Waals surface area contributed by atoms with Crippen LogP contribution in [0.3, 0.4) is 0 Å². The number of para-hydroxylation sites is 2. The van der Waals surface area contributed by atoms with Gasteiger partial charge in [0.1, 0.15) is 17.2 Å². The molecule has 0 aromatic heterocycles. The zero-order valence-corrected chi connectivity index (χ0v) is 15.2. The predicted molar refractivity (Wildman–Crippen MR) is 108 cm³/mol. The molecule has 138 valence electrons.